The standard InChI is InChI=1S/C69H70N2O10/c1-69(2,3)81-66(74)47-23-29-56-60(37-47)71-34-32-53(67(75)77-4)57-38-49(78-40-42-14-8-5-9-15-42)26-30-51(57)64(71)62(56)45-20-24-48(25-21-45)80-68(76)54-33-35-70-59-36-46(65(72)73)22-28-55(59)61(44-18-12-7-13-19-44)63(70)52-31-27-50(39-58(52)54)79-41-43-16-10-6-11-17-43/h5-6,8-11,14-17,22-23,26-31,36-39,44-45,48,53-54H,7,12-13,18-21,24-25,32-35,40-41H2,1-4H3,(H,72,73). The highest BCUT2D eigenvalue weighted by Crippen LogP contribution is 2.52. The summed E-state index contributed by atoms with van der Waals surface area (Å²) in [4.78, 5) is 55.1. The second kappa shape index (κ2) is 22.4. The Bertz CT molecular complexity index is 3690. The molecule has 2 aliphatic carbocycles. The number of esters is 3. The molecule has 0 spiro atoms. The Kier molecular flexibility index (Phi) is 14.8. The van der Waals surface area contributed by atoms with E-state index in [4.69, 9.17) is 23.7 Å². The predicted molar refractivity (Wildman–Crippen MR) is 312 cm³/mol. The summed E-state index contributed by atoms with van der Waals surface area (Å²) < 4.78 is 35.5. The summed E-state index contributed by atoms with van der Waals surface area (Å²) in [6.07, 6.45) is 8.90. The number of carboxylic acid groups (broad SMARTS) is 1. The first-order valence-corrected chi connectivity index (χ1v) is 29.0. The number of nitrogens with zero attached hydrogens (tertiary/aromatic N) is 2. The van der Waals surface area contributed by atoms with E-state index < -0.39 is 29.4 Å². The maximum absolute atomic E-state index is 15.2. The minimum absolute atomic E-state index is 0.0543. The number of aromatic carboxylic acids is 1. The van der Waals surface area contributed by atoms with Crippen LogP contribution >= 0.6 is 0 Å². The Hall–Kier alpha value is -8.12. The molecule has 12 nitrogen and oxygen atoms in total. The highest BCUT2D eigenvalue weighted by atomic mass is 16.6. The van der Waals surface area contributed by atoms with E-state index in [0.29, 0.717) is 75.0 Å². The molecule has 0 bridgehead atoms. The molecule has 2 atom stereocenters. The maximum Gasteiger partial charge on any atom is 0.338 e. The topological polar surface area (TPSA) is 145 Å². The summed E-state index contributed by atoms with van der Waals surface area (Å²) in [6, 6.07) is 43.6. The third kappa shape index (κ3) is 10.7. The Morgan fingerprint density at radius 1 is 0.543 bits per heavy atom. The van der Waals surface area contributed by atoms with Crippen LogP contribution in [-0.4, -0.2) is 56.9 Å². The molecule has 2 aromatic heterocycles. The zero-order chi connectivity index (χ0) is 55.9. The summed E-state index contributed by atoms with van der Waals surface area (Å²) in [7, 11) is 1.43. The molecule has 0 saturated heterocycles. The van der Waals surface area contributed by atoms with Crippen molar-refractivity contribution in [2.75, 3.05) is 7.11 Å². The smallest absolute Gasteiger partial charge is 0.338 e. The van der Waals surface area contributed by atoms with Crippen molar-refractivity contribution in [3.8, 4) is 34.0 Å². The largest absolute Gasteiger partial charge is 0.489 e. The van der Waals surface area contributed by atoms with E-state index in [-0.39, 0.29) is 29.5 Å². The first kappa shape index (κ1) is 53.5. The summed E-state index contributed by atoms with van der Waals surface area (Å²) in [5.41, 5.74) is 11.9. The van der Waals surface area contributed by atoms with Crippen molar-refractivity contribution in [2.45, 2.75) is 153 Å². The molecule has 4 heterocycles. The highest BCUT2D eigenvalue weighted by Gasteiger charge is 2.39. The lowest BCUT2D eigenvalue weighted by molar-refractivity contribution is -0.152. The van der Waals surface area contributed by atoms with Crippen molar-refractivity contribution >= 4 is 45.7 Å². The SMILES string of the molecule is COC(=O)C1CCn2c(c(C3CCC(OC(=O)C4CCn5c(c(C6CCCCC6)c6ccc(C(=O)O)cc65)-c5ccc(OCc6ccccc6)cc54)CC3)c3ccc(C(=O)OC(C)(C)C)cc32)-c2ccc(OCc3ccccc3)cc21. The minimum atomic E-state index is -0.971. The number of fused-ring (bicyclic) bond motifs is 10. The van der Waals surface area contributed by atoms with Crippen LogP contribution in [0.3, 0.4) is 0 Å². The van der Waals surface area contributed by atoms with E-state index in [1.54, 1.807) is 6.07 Å². The van der Waals surface area contributed by atoms with Gasteiger partial charge in [-0.05, 0) is 178 Å². The fourth-order valence-corrected chi connectivity index (χ4v) is 13.5. The second-order valence-corrected chi connectivity index (χ2v) is 23.6. The Morgan fingerprint density at radius 3 is 1.54 bits per heavy atom. The number of carbonyl (C=O) groups is 4. The third-order valence-corrected chi connectivity index (χ3v) is 17.3. The number of hydrogen-bond donors (Lipinski definition) is 1. The van der Waals surface area contributed by atoms with E-state index in [1.165, 1.54) is 19.1 Å². The lowest BCUT2D eigenvalue weighted by atomic mass is 9.79. The van der Waals surface area contributed by atoms with Crippen LogP contribution in [0, 0.1) is 0 Å². The number of carboxylic acids is 1. The van der Waals surface area contributed by atoms with Crippen LogP contribution in [0.1, 0.15) is 169 Å². The van der Waals surface area contributed by atoms with Crippen molar-refractivity contribution < 1.29 is 48.0 Å². The first-order valence-electron chi connectivity index (χ1n) is 29.0. The molecule has 2 fully saturated rings. The van der Waals surface area contributed by atoms with Crippen molar-refractivity contribution in [3.63, 3.8) is 0 Å². The van der Waals surface area contributed by atoms with Gasteiger partial charge in [0.2, 0.25) is 0 Å². The van der Waals surface area contributed by atoms with E-state index >= 15 is 4.79 Å². The molecule has 4 aliphatic rings. The van der Waals surface area contributed by atoms with Gasteiger partial charge in [0.1, 0.15) is 36.4 Å². The quantitative estimate of drug-likeness (QED) is 0.0875. The Morgan fingerprint density at radius 2 is 1.04 bits per heavy atom. The van der Waals surface area contributed by atoms with Crippen LogP contribution in [0.2, 0.25) is 0 Å². The number of aromatic nitrogens is 2. The van der Waals surface area contributed by atoms with Crippen molar-refractivity contribution in [1.82, 2.24) is 9.13 Å². The molecule has 416 valence electrons. The fourth-order valence-electron chi connectivity index (χ4n) is 13.5. The van der Waals surface area contributed by atoms with E-state index in [0.717, 1.165) is 111 Å². The molecular weight excluding hydrogens is 1020 g/mol. The van der Waals surface area contributed by atoms with Gasteiger partial charge in [-0.1, -0.05) is 92.1 Å². The Labute approximate surface area is 472 Å². The zero-order valence-corrected chi connectivity index (χ0v) is 46.7. The first-order chi connectivity index (χ1) is 39.3. The average molecular weight is 1090 g/mol. The van der Waals surface area contributed by atoms with Gasteiger partial charge in [-0.25, -0.2) is 9.59 Å². The number of hydrogen-bond acceptors (Lipinski definition) is 9. The summed E-state index contributed by atoms with van der Waals surface area (Å²) in [6.45, 7) is 7.33. The average Bonchev–Trinajstić information content (AvgIpc) is 3.24. The summed E-state index contributed by atoms with van der Waals surface area (Å²) in [5.74, 6) is -1.48. The van der Waals surface area contributed by atoms with Gasteiger partial charge in [-0.2, -0.15) is 0 Å². The van der Waals surface area contributed by atoms with E-state index in [2.05, 4.69) is 27.3 Å². The van der Waals surface area contributed by atoms with Crippen LogP contribution in [0.5, 0.6) is 11.5 Å². The van der Waals surface area contributed by atoms with E-state index in [9.17, 15) is 19.5 Å². The van der Waals surface area contributed by atoms with Crippen LogP contribution in [0.4, 0.5) is 0 Å². The highest BCUT2D eigenvalue weighted by molar-refractivity contribution is 6.01. The molecule has 8 aromatic rings. The molecule has 12 heteroatoms. The molecular formula is C69H70N2O10. The maximum atomic E-state index is 15.2. The lowest BCUT2D eigenvalue weighted by Crippen LogP contribution is -2.27. The zero-order valence-electron chi connectivity index (χ0n) is 46.7. The Balaban J connectivity index is 0.878. The molecule has 12 rings (SSSR count). The molecule has 81 heavy (non-hydrogen) atoms. The lowest BCUT2D eigenvalue weighted by Gasteiger charge is -2.30. The molecule has 2 unspecified atom stereocenters. The number of ether oxygens (including phenoxy) is 5. The normalized spacial score (nSPS) is 19.0. The van der Waals surface area contributed by atoms with Gasteiger partial charge in [0.25, 0.3) is 0 Å². The second-order valence-electron chi connectivity index (χ2n) is 23.6. The molecule has 2 saturated carbocycles. The van der Waals surface area contributed by atoms with Crippen LogP contribution in [0.15, 0.2) is 133 Å². The number of benzene rings is 6. The number of aryl methyl sites for hydroxylation is 2. The van der Waals surface area contributed by atoms with Crippen LogP contribution < -0.4 is 9.47 Å². The van der Waals surface area contributed by atoms with Crippen molar-refractivity contribution in [1.29, 1.82) is 0 Å². The van der Waals surface area contributed by atoms with Crippen molar-refractivity contribution in [2.24, 2.45) is 0 Å². The summed E-state index contributed by atoms with van der Waals surface area (Å²) in [5, 5.41) is 12.3. The van der Waals surface area contributed by atoms with Gasteiger partial charge in [-0.3, -0.25) is 9.59 Å². The third-order valence-electron chi connectivity index (χ3n) is 17.3. The van der Waals surface area contributed by atoms with Crippen LogP contribution in [0.25, 0.3) is 44.3 Å². The van der Waals surface area contributed by atoms with Gasteiger partial charge in [0.05, 0.1) is 41.5 Å². The van der Waals surface area contributed by atoms with Gasteiger partial charge in [-0.15, -0.1) is 0 Å². The molecule has 0 amide bonds. The number of methoxy groups -OCH3 is 1. The van der Waals surface area contributed by atoms with Gasteiger partial charge < -0.3 is 37.9 Å². The molecule has 2 aliphatic heterocycles. The minimum Gasteiger partial charge on any atom is -0.489 e. The molecule has 0 radical (unpaired) electrons. The number of rotatable bonds is 13. The predicted octanol–water partition coefficient (Wildman–Crippen LogP) is 15.2. The van der Waals surface area contributed by atoms with E-state index in [1.807, 2.05) is 130 Å². The number of carbonyl (C=O) groups excluding carboxylic acids is 3. The van der Waals surface area contributed by atoms with Crippen molar-refractivity contribution in [3.05, 3.63) is 178 Å². The van der Waals surface area contributed by atoms with Gasteiger partial charge >= 0.3 is 23.9 Å². The van der Waals surface area contributed by atoms with Gasteiger partial charge in [0.15, 0.2) is 0 Å². The summed E-state index contributed by atoms with van der Waals surface area (Å²) >= 11 is 0. The van der Waals surface area contributed by atoms with Crippen LogP contribution in [-0.2, 0) is 50.1 Å². The fraction of sp³-hybridized carbons (Fsp3) is 0.362. The monoisotopic (exact) mass is 1090 g/mol. The van der Waals surface area contributed by atoms with Gasteiger partial charge in [0, 0.05) is 46.0 Å². The molecule has 6 aromatic carbocycles. The molecule has 1 N–H and O–H groups in total.